The average Bonchev–Trinajstić information content (AvgIpc) is 2.03. The Morgan fingerprint density at radius 1 is 1.21 bits per heavy atom. The summed E-state index contributed by atoms with van der Waals surface area (Å²) in [7, 11) is -3.50. The van der Waals surface area contributed by atoms with Gasteiger partial charge in [0.25, 0.3) is 0 Å². The largest absolute Gasteiger partial charge is 0.760 e. The number of nitrogens with two attached hydrogens (primary N) is 2. The average molecular weight is 237 g/mol. The van der Waals surface area contributed by atoms with E-state index in [2.05, 4.69) is 5.14 Å². The molecule has 0 saturated carbocycles. The summed E-state index contributed by atoms with van der Waals surface area (Å²) in [6.45, 7) is 0. The highest BCUT2D eigenvalue weighted by Gasteiger charge is 2.03. The summed E-state index contributed by atoms with van der Waals surface area (Å²) in [5.74, 6) is 0. The van der Waals surface area contributed by atoms with Crippen LogP contribution in [0.15, 0.2) is 35.2 Å². The molecular formula is C6H9N2O4S2-. The molecular weight excluding hydrogens is 228 g/mol. The van der Waals surface area contributed by atoms with Gasteiger partial charge in [0.1, 0.15) is 0 Å². The minimum Gasteiger partial charge on any atom is -0.760 e. The Morgan fingerprint density at radius 3 is 1.79 bits per heavy atom. The van der Waals surface area contributed by atoms with Crippen LogP contribution in [0.3, 0.4) is 0 Å². The van der Waals surface area contributed by atoms with Crippen molar-refractivity contribution in [3.8, 4) is 0 Å². The van der Waals surface area contributed by atoms with Gasteiger partial charge in [-0.1, -0.05) is 18.2 Å². The Morgan fingerprint density at radius 2 is 1.57 bits per heavy atom. The first kappa shape index (κ1) is 13.2. The Balaban J connectivity index is 0.000000364. The molecule has 0 radical (unpaired) electrons. The van der Waals surface area contributed by atoms with Crippen LogP contribution >= 0.6 is 0 Å². The first-order valence-electron chi connectivity index (χ1n) is 3.25. The molecule has 0 aliphatic heterocycles. The second-order valence-electron chi connectivity index (χ2n) is 2.12. The summed E-state index contributed by atoms with van der Waals surface area (Å²) in [5.41, 5.74) is 0. The molecule has 1 aromatic carbocycles. The van der Waals surface area contributed by atoms with E-state index < -0.39 is 21.3 Å². The van der Waals surface area contributed by atoms with Crippen molar-refractivity contribution in [1.29, 1.82) is 0 Å². The molecule has 0 spiro atoms. The maximum Gasteiger partial charge on any atom is 0.238 e. The number of hydrogen-bond donors (Lipinski definition) is 2. The van der Waals surface area contributed by atoms with Gasteiger partial charge in [-0.2, -0.15) is 0 Å². The molecule has 80 valence electrons. The van der Waals surface area contributed by atoms with Crippen molar-refractivity contribution in [1.82, 2.24) is 0 Å². The SMILES string of the molecule is NS(=O)(=O)c1ccccc1.NS(=O)[O-]. The predicted octanol–water partition coefficient (Wildman–Crippen LogP) is -0.927. The quantitative estimate of drug-likeness (QED) is 0.612. The van der Waals surface area contributed by atoms with Gasteiger partial charge in [0, 0.05) is 11.3 Å². The monoisotopic (exact) mass is 237 g/mol. The van der Waals surface area contributed by atoms with E-state index in [0.717, 1.165) is 0 Å². The summed E-state index contributed by atoms with van der Waals surface area (Å²) in [5, 5.41) is 8.86. The summed E-state index contributed by atoms with van der Waals surface area (Å²) >= 11 is -2.36. The van der Waals surface area contributed by atoms with E-state index in [1.807, 2.05) is 0 Å². The van der Waals surface area contributed by atoms with Crippen molar-refractivity contribution >= 4 is 21.3 Å². The fourth-order valence-electron chi connectivity index (χ4n) is 0.610. The third kappa shape index (κ3) is 6.69. The van der Waals surface area contributed by atoms with Gasteiger partial charge in [0.05, 0.1) is 4.90 Å². The zero-order chi connectivity index (χ0) is 11.2. The molecule has 1 unspecified atom stereocenters. The molecule has 4 N–H and O–H groups in total. The van der Waals surface area contributed by atoms with Gasteiger partial charge < -0.3 is 4.55 Å². The van der Waals surface area contributed by atoms with Gasteiger partial charge in [-0.05, 0) is 12.1 Å². The molecule has 0 fully saturated rings. The molecule has 0 aliphatic rings. The second kappa shape index (κ2) is 5.83. The Kier molecular flexibility index (Phi) is 5.50. The number of rotatable bonds is 1. The number of sulfonamides is 1. The van der Waals surface area contributed by atoms with Crippen LogP contribution in [0.1, 0.15) is 0 Å². The van der Waals surface area contributed by atoms with Crippen molar-refractivity contribution in [2.45, 2.75) is 4.90 Å². The topological polar surface area (TPSA) is 126 Å². The summed E-state index contributed by atoms with van der Waals surface area (Å²) < 4.78 is 38.8. The van der Waals surface area contributed by atoms with Crippen molar-refractivity contribution in [2.24, 2.45) is 10.3 Å². The highest BCUT2D eigenvalue weighted by atomic mass is 32.2. The minimum absolute atomic E-state index is 0.148. The first-order chi connectivity index (χ1) is 6.34. The van der Waals surface area contributed by atoms with E-state index in [4.69, 9.17) is 13.9 Å². The zero-order valence-corrected chi connectivity index (χ0v) is 8.62. The zero-order valence-electron chi connectivity index (χ0n) is 6.99. The second-order valence-corrected chi connectivity index (χ2v) is 4.20. The smallest absolute Gasteiger partial charge is 0.238 e. The molecule has 1 aromatic rings. The lowest BCUT2D eigenvalue weighted by atomic mass is 10.4. The third-order valence-corrected chi connectivity index (χ3v) is 2.00. The molecule has 1 atom stereocenters. The minimum atomic E-state index is -3.50. The lowest BCUT2D eigenvalue weighted by Gasteiger charge is -1.93. The van der Waals surface area contributed by atoms with Crippen molar-refractivity contribution in [3.05, 3.63) is 30.3 Å². The van der Waals surface area contributed by atoms with Crippen LogP contribution in [0.5, 0.6) is 0 Å². The van der Waals surface area contributed by atoms with E-state index in [1.54, 1.807) is 18.2 Å². The van der Waals surface area contributed by atoms with Crippen LogP contribution in [-0.2, 0) is 21.3 Å². The lowest BCUT2D eigenvalue weighted by molar-refractivity contribution is 0.538. The van der Waals surface area contributed by atoms with Crippen LogP contribution in [0.25, 0.3) is 0 Å². The van der Waals surface area contributed by atoms with E-state index in [-0.39, 0.29) is 4.90 Å². The molecule has 0 bridgehead atoms. The van der Waals surface area contributed by atoms with E-state index >= 15 is 0 Å². The van der Waals surface area contributed by atoms with Gasteiger partial charge in [0.15, 0.2) is 0 Å². The molecule has 0 heterocycles. The van der Waals surface area contributed by atoms with E-state index in [1.165, 1.54) is 12.1 Å². The summed E-state index contributed by atoms with van der Waals surface area (Å²) in [4.78, 5) is 0.148. The van der Waals surface area contributed by atoms with Gasteiger partial charge in [-0.3, -0.25) is 9.35 Å². The van der Waals surface area contributed by atoms with Gasteiger partial charge in [-0.15, -0.1) is 0 Å². The van der Waals surface area contributed by atoms with Crippen LogP contribution in [0, 0.1) is 0 Å². The highest BCUT2D eigenvalue weighted by molar-refractivity contribution is 7.89. The Labute approximate surface area is 84.4 Å². The fraction of sp³-hybridized carbons (Fsp3) is 0. The molecule has 6 nitrogen and oxygen atoms in total. The summed E-state index contributed by atoms with van der Waals surface area (Å²) in [6.07, 6.45) is 0. The van der Waals surface area contributed by atoms with Crippen LogP contribution in [0.4, 0.5) is 0 Å². The number of benzene rings is 1. The van der Waals surface area contributed by atoms with Crippen LogP contribution in [0.2, 0.25) is 0 Å². The summed E-state index contributed by atoms with van der Waals surface area (Å²) in [6, 6.07) is 7.89. The highest BCUT2D eigenvalue weighted by Crippen LogP contribution is 2.02. The molecule has 0 amide bonds. The van der Waals surface area contributed by atoms with Gasteiger partial charge >= 0.3 is 0 Å². The predicted molar refractivity (Wildman–Crippen MR) is 50.9 cm³/mol. The standard InChI is InChI=1S/C6H7NO2S.H3NO2S/c7-10(8,9)6-4-2-1-3-5-6;1-4(2)3/h1-5H,(H2,7,8,9);1H2,(H,2,3)/p-1. The molecule has 8 heteroatoms. The van der Waals surface area contributed by atoms with Gasteiger partial charge in [-0.25, -0.2) is 13.6 Å². The van der Waals surface area contributed by atoms with Crippen molar-refractivity contribution in [3.63, 3.8) is 0 Å². The fourth-order valence-corrected chi connectivity index (χ4v) is 1.15. The Hall–Kier alpha value is -0.800. The molecule has 0 saturated heterocycles. The van der Waals surface area contributed by atoms with Gasteiger partial charge in [0.2, 0.25) is 10.0 Å². The number of primary sulfonamides is 1. The molecule has 0 aromatic heterocycles. The Bertz CT molecular complexity index is 386. The van der Waals surface area contributed by atoms with Crippen molar-refractivity contribution in [2.75, 3.05) is 0 Å². The molecule has 14 heavy (non-hydrogen) atoms. The maximum absolute atomic E-state index is 10.6. The van der Waals surface area contributed by atoms with Crippen LogP contribution < -0.4 is 10.3 Å². The molecule has 1 rings (SSSR count). The third-order valence-electron chi connectivity index (χ3n) is 1.07. The maximum atomic E-state index is 10.6. The molecule has 0 aliphatic carbocycles. The van der Waals surface area contributed by atoms with Crippen molar-refractivity contribution < 1.29 is 17.2 Å². The van der Waals surface area contributed by atoms with E-state index in [0.29, 0.717) is 0 Å². The van der Waals surface area contributed by atoms with E-state index in [9.17, 15) is 8.42 Å². The first-order valence-corrected chi connectivity index (χ1v) is 5.94. The normalized spacial score (nSPS) is 12.5. The van der Waals surface area contributed by atoms with Crippen LogP contribution in [-0.4, -0.2) is 17.2 Å². The number of hydrogen-bond acceptors (Lipinski definition) is 4. The lowest BCUT2D eigenvalue weighted by Crippen LogP contribution is -2.11.